The van der Waals surface area contributed by atoms with E-state index in [0.717, 1.165) is 24.3 Å². The van der Waals surface area contributed by atoms with E-state index >= 15 is 0 Å². The monoisotopic (exact) mass is 399 g/mol. The molecule has 6 nitrogen and oxygen atoms in total. The number of nitrogens with one attached hydrogen (secondary N) is 1. The highest BCUT2D eigenvalue weighted by molar-refractivity contribution is 5.94. The summed E-state index contributed by atoms with van der Waals surface area (Å²) in [5.41, 5.74) is -0.676. The third kappa shape index (κ3) is 5.45. The summed E-state index contributed by atoms with van der Waals surface area (Å²) in [6, 6.07) is 6.74. The minimum atomic E-state index is -4.44. The molecule has 2 N–H and O–H groups in total. The van der Waals surface area contributed by atoms with Crippen molar-refractivity contribution < 1.29 is 37.3 Å². The molecule has 0 unspecified atom stereocenters. The number of hydrogen-bond donors (Lipinski definition) is 2. The molecular formula is C19H20F3NO5. The Balaban J connectivity index is 1.84. The second-order valence-electron chi connectivity index (χ2n) is 5.71. The first-order chi connectivity index (χ1) is 13.3. The third-order valence-electron chi connectivity index (χ3n) is 3.77. The van der Waals surface area contributed by atoms with Crippen LogP contribution in [0.25, 0.3) is 0 Å². The number of carbonyl (C=O) groups excluding carboxylic acids is 1. The van der Waals surface area contributed by atoms with E-state index in [-0.39, 0.29) is 24.5 Å². The van der Waals surface area contributed by atoms with E-state index in [9.17, 15) is 23.1 Å². The minimum Gasteiger partial charge on any atom is -0.508 e. The van der Waals surface area contributed by atoms with Gasteiger partial charge in [0.1, 0.15) is 5.75 Å². The quantitative estimate of drug-likeness (QED) is 0.663. The molecule has 0 aliphatic rings. The molecular weight excluding hydrogens is 379 g/mol. The molecule has 9 heteroatoms. The zero-order chi connectivity index (χ0) is 20.7. The highest BCUT2D eigenvalue weighted by atomic mass is 19.4. The number of alkyl halides is 3. The molecule has 2 rings (SSSR count). The number of rotatable bonds is 8. The summed E-state index contributed by atoms with van der Waals surface area (Å²) >= 11 is 0. The van der Waals surface area contributed by atoms with E-state index in [1.807, 2.05) is 0 Å². The first-order valence-electron chi connectivity index (χ1n) is 8.29. The van der Waals surface area contributed by atoms with Crippen LogP contribution in [0.5, 0.6) is 23.0 Å². The van der Waals surface area contributed by atoms with Gasteiger partial charge in [-0.1, -0.05) is 0 Å². The summed E-state index contributed by atoms with van der Waals surface area (Å²) in [6.45, 7) is 0.466. The number of hydrogen-bond acceptors (Lipinski definition) is 5. The Bertz CT molecular complexity index is 781. The van der Waals surface area contributed by atoms with Gasteiger partial charge in [-0.15, -0.1) is 0 Å². The van der Waals surface area contributed by atoms with E-state index in [1.54, 1.807) is 0 Å². The maximum atomic E-state index is 12.5. The fourth-order valence-electron chi connectivity index (χ4n) is 2.37. The van der Waals surface area contributed by atoms with Gasteiger partial charge in [-0.2, -0.15) is 13.2 Å². The summed E-state index contributed by atoms with van der Waals surface area (Å²) in [4.78, 5) is 12.0. The lowest BCUT2D eigenvalue weighted by Gasteiger charge is -2.15. The fourth-order valence-corrected chi connectivity index (χ4v) is 2.37. The second kappa shape index (κ2) is 9.20. The van der Waals surface area contributed by atoms with Crippen LogP contribution in [0.15, 0.2) is 36.4 Å². The van der Waals surface area contributed by atoms with Crippen LogP contribution >= 0.6 is 0 Å². The van der Waals surface area contributed by atoms with Gasteiger partial charge in [-0.3, -0.25) is 4.79 Å². The fraction of sp³-hybridized carbons (Fsp3) is 0.316. The van der Waals surface area contributed by atoms with Crippen molar-refractivity contribution in [3.05, 3.63) is 47.5 Å². The Kier molecular flexibility index (Phi) is 6.97. The summed E-state index contributed by atoms with van der Waals surface area (Å²) < 4.78 is 53.5. The number of methoxy groups -OCH3 is 2. The topological polar surface area (TPSA) is 77.0 Å². The number of amides is 1. The van der Waals surface area contributed by atoms with Crippen LogP contribution < -0.4 is 19.5 Å². The maximum absolute atomic E-state index is 12.5. The largest absolute Gasteiger partial charge is 0.508 e. The van der Waals surface area contributed by atoms with Crippen molar-refractivity contribution in [1.29, 1.82) is 0 Å². The molecule has 0 fully saturated rings. The number of carbonyl (C=O) groups is 1. The second-order valence-corrected chi connectivity index (χ2v) is 5.71. The zero-order valence-electron chi connectivity index (χ0n) is 15.3. The Labute approximate surface area is 159 Å². The molecule has 0 aromatic heterocycles. The van der Waals surface area contributed by atoms with Gasteiger partial charge in [-0.05, 0) is 30.7 Å². The molecule has 0 bridgehead atoms. The van der Waals surface area contributed by atoms with E-state index in [1.165, 1.54) is 26.4 Å². The van der Waals surface area contributed by atoms with Gasteiger partial charge in [0, 0.05) is 24.2 Å². The minimum absolute atomic E-state index is 0.0372. The molecule has 28 heavy (non-hydrogen) atoms. The average molecular weight is 399 g/mol. The molecule has 0 saturated carbocycles. The first-order valence-corrected chi connectivity index (χ1v) is 8.29. The van der Waals surface area contributed by atoms with Crippen LogP contribution in [-0.4, -0.2) is 38.4 Å². The van der Waals surface area contributed by atoms with Gasteiger partial charge in [-0.25, -0.2) is 0 Å². The van der Waals surface area contributed by atoms with Crippen molar-refractivity contribution in [2.24, 2.45) is 0 Å². The van der Waals surface area contributed by atoms with Crippen molar-refractivity contribution in [2.75, 3.05) is 27.4 Å². The molecule has 0 aliphatic carbocycles. The van der Waals surface area contributed by atoms with Crippen LogP contribution in [0.3, 0.4) is 0 Å². The standard InChI is InChI=1S/C19H20F3NO5/c1-26-15-10-14(24)11-16(27-2)17(15)28-9-3-8-23-18(25)12-4-6-13(7-5-12)19(20,21)22/h4-7,10-11,24H,3,8-9H2,1-2H3,(H,23,25). The van der Waals surface area contributed by atoms with Crippen molar-refractivity contribution in [3.8, 4) is 23.0 Å². The lowest BCUT2D eigenvalue weighted by Crippen LogP contribution is -2.25. The Morgan fingerprint density at radius 2 is 1.64 bits per heavy atom. The van der Waals surface area contributed by atoms with Crippen molar-refractivity contribution in [1.82, 2.24) is 5.32 Å². The predicted molar refractivity (Wildman–Crippen MR) is 95.1 cm³/mol. The molecule has 1 amide bonds. The summed E-state index contributed by atoms with van der Waals surface area (Å²) in [5.74, 6) is 0.395. The molecule has 0 aliphatic heterocycles. The molecule has 0 heterocycles. The molecule has 2 aromatic carbocycles. The normalized spacial score (nSPS) is 11.0. The molecule has 152 valence electrons. The van der Waals surface area contributed by atoms with Crippen molar-refractivity contribution in [2.45, 2.75) is 12.6 Å². The maximum Gasteiger partial charge on any atom is 0.416 e. The van der Waals surface area contributed by atoms with Gasteiger partial charge in [0.05, 0.1) is 26.4 Å². The van der Waals surface area contributed by atoms with Crippen LogP contribution in [0, 0.1) is 0 Å². The molecule has 0 atom stereocenters. The predicted octanol–water partition coefficient (Wildman–Crippen LogP) is 3.63. The van der Waals surface area contributed by atoms with Crippen molar-refractivity contribution in [3.63, 3.8) is 0 Å². The lowest BCUT2D eigenvalue weighted by atomic mass is 10.1. The number of phenols is 1. The van der Waals surface area contributed by atoms with E-state index in [4.69, 9.17) is 14.2 Å². The smallest absolute Gasteiger partial charge is 0.416 e. The Morgan fingerprint density at radius 1 is 1.07 bits per heavy atom. The van der Waals surface area contributed by atoms with Gasteiger partial charge < -0.3 is 24.6 Å². The third-order valence-corrected chi connectivity index (χ3v) is 3.77. The number of aromatic hydroxyl groups is 1. The van der Waals surface area contributed by atoms with Gasteiger partial charge >= 0.3 is 6.18 Å². The van der Waals surface area contributed by atoms with Gasteiger partial charge in [0.15, 0.2) is 11.5 Å². The first kappa shape index (κ1) is 21.2. The Hall–Kier alpha value is -3.10. The van der Waals surface area contributed by atoms with Gasteiger partial charge in [0.2, 0.25) is 5.75 Å². The van der Waals surface area contributed by atoms with Crippen LogP contribution in [0.1, 0.15) is 22.3 Å². The van der Waals surface area contributed by atoms with Crippen LogP contribution in [0.2, 0.25) is 0 Å². The highest BCUT2D eigenvalue weighted by Crippen LogP contribution is 2.40. The number of benzene rings is 2. The number of halogens is 3. The summed E-state index contributed by atoms with van der Waals surface area (Å²) in [7, 11) is 2.84. The summed E-state index contributed by atoms with van der Waals surface area (Å²) in [6.07, 6.45) is -4.01. The number of ether oxygens (including phenoxy) is 3. The van der Waals surface area contributed by atoms with Gasteiger partial charge in [0.25, 0.3) is 5.91 Å². The molecule has 0 radical (unpaired) electrons. The van der Waals surface area contributed by atoms with E-state index < -0.39 is 17.6 Å². The molecule has 0 spiro atoms. The molecule has 2 aromatic rings. The SMILES string of the molecule is COc1cc(O)cc(OC)c1OCCCNC(=O)c1ccc(C(F)(F)F)cc1. The van der Waals surface area contributed by atoms with Crippen molar-refractivity contribution >= 4 is 5.91 Å². The van der Waals surface area contributed by atoms with Crippen LogP contribution in [0.4, 0.5) is 13.2 Å². The zero-order valence-corrected chi connectivity index (χ0v) is 15.3. The average Bonchev–Trinajstić information content (AvgIpc) is 2.67. The Morgan fingerprint density at radius 3 is 2.14 bits per heavy atom. The summed E-state index contributed by atoms with van der Waals surface area (Å²) in [5, 5.41) is 12.2. The highest BCUT2D eigenvalue weighted by Gasteiger charge is 2.30. The lowest BCUT2D eigenvalue weighted by molar-refractivity contribution is -0.137. The molecule has 0 saturated heterocycles. The van der Waals surface area contributed by atoms with E-state index in [0.29, 0.717) is 23.7 Å². The van der Waals surface area contributed by atoms with Crippen LogP contribution in [-0.2, 0) is 6.18 Å². The number of phenolic OH excluding ortho intramolecular Hbond substituents is 1. The van der Waals surface area contributed by atoms with E-state index in [2.05, 4.69) is 5.32 Å².